The van der Waals surface area contributed by atoms with Crippen LogP contribution in [-0.2, 0) is 10.0 Å². The van der Waals surface area contributed by atoms with Gasteiger partial charge in [-0.2, -0.15) is 4.31 Å². The zero-order chi connectivity index (χ0) is 14.8. The zero-order valence-electron chi connectivity index (χ0n) is 12.7. The molecule has 4 heteroatoms. The van der Waals surface area contributed by atoms with Crippen molar-refractivity contribution in [2.75, 3.05) is 6.54 Å². The molecule has 0 amide bonds. The van der Waals surface area contributed by atoms with Gasteiger partial charge < -0.3 is 0 Å². The standard InChI is InChI=1S/C16H25NO2S/c1-4-6-7-16-14(5-2)12-17(16)20(18,19)15-10-8-13(3)9-11-15/h8-11,14,16H,4-7,12H2,1-3H3/t14-,16+/m0/s1. The molecule has 0 spiro atoms. The van der Waals surface area contributed by atoms with Crippen molar-refractivity contribution in [1.82, 2.24) is 4.31 Å². The van der Waals surface area contributed by atoms with Crippen molar-refractivity contribution < 1.29 is 8.42 Å². The molecule has 2 atom stereocenters. The Morgan fingerprint density at radius 2 is 1.85 bits per heavy atom. The molecule has 0 aliphatic carbocycles. The molecule has 1 heterocycles. The lowest BCUT2D eigenvalue weighted by Gasteiger charge is -2.47. The maximum atomic E-state index is 12.7. The van der Waals surface area contributed by atoms with Gasteiger partial charge in [-0.25, -0.2) is 8.42 Å². The summed E-state index contributed by atoms with van der Waals surface area (Å²) in [6.45, 7) is 6.95. The summed E-state index contributed by atoms with van der Waals surface area (Å²) in [6, 6.07) is 7.38. The molecule has 0 bridgehead atoms. The molecule has 1 aliphatic rings. The minimum absolute atomic E-state index is 0.200. The van der Waals surface area contributed by atoms with E-state index >= 15 is 0 Å². The van der Waals surface area contributed by atoms with E-state index in [1.807, 2.05) is 19.1 Å². The quantitative estimate of drug-likeness (QED) is 0.804. The summed E-state index contributed by atoms with van der Waals surface area (Å²) >= 11 is 0. The van der Waals surface area contributed by atoms with Gasteiger partial charge in [-0.3, -0.25) is 0 Å². The van der Waals surface area contributed by atoms with E-state index < -0.39 is 10.0 Å². The Hall–Kier alpha value is -0.870. The minimum atomic E-state index is -3.31. The number of hydrogen-bond donors (Lipinski definition) is 0. The molecule has 1 aliphatic heterocycles. The second kappa shape index (κ2) is 6.27. The minimum Gasteiger partial charge on any atom is -0.207 e. The average Bonchev–Trinajstić information content (AvgIpc) is 2.38. The van der Waals surface area contributed by atoms with E-state index in [4.69, 9.17) is 0 Å². The van der Waals surface area contributed by atoms with Crippen LogP contribution in [0.3, 0.4) is 0 Å². The summed E-state index contributed by atoms with van der Waals surface area (Å²) < 4.78 is 27.1. The topological polar surface area (TPSA) is 37.4 Å². The van der Waals surface area contributed by atoms with Crippen LogP contribution in [-0.4, -0.2) is 25.3 Å². The molecule has 20 heavy (non-hydrogen) atoms. The van der Waals surface area contributed by atoms with Gasteiger partial charge in [0.25, 0.3) is 0 Å². The highest BCUT2D eigenvalue weighted by Crippen LogP contribution is 2.36. The second-order valence-corrected chi connectivity index (χ2v) is 7.66. The second-order valence-electron chi connectivity index (χ2n) is 5.77. The third kappa shape index (κ3) is 2.91. The van der Waals surface area contributed by atoms with Gasteiger partial charge in [0.05, 0.1) is 4.90 Å². The Balaban J connectivity index is 2.18. The van der Waals surface area contributed by atoms with Crippen LogP contribution in [0.5, 0.6) is 0 Å². The summed E-state index contributed by atoms with van der Waals surface area (Å²) in [5, 5.41) is 0. The van der Waals surface area contributed by atoms with Gasteiger partial charge in [0.2, 0.25) is 10.0 Å². The molecular weight excluding hydrogens is 270 g/mol. The van der Waals surface area contributed by atoms with Gasteiger partial charge in [0, 0.05) is 12.6 Å². The number of unbranched alkanes of at least 4 members (excludes halogenated alkanes) is 1. The smallest absolute Gasteiger partial charge is 0.207 e. The summed E-state index contributed by atoms with van der Waals surface area (Å²) in [6.07, 6.45) is 4.26. The first-order valence-corrected chi connectivity index (χ1v) is 9.03. The summed E-state index contributed by atoms with van der Waals surface area (Å²) in [5.41, 5.74) is 1.08. The molecule has 0 N–H and O–H groups in total. The number of nitrogens with zero attached hydrogens (tertiary/aromatic N) is 1. The van der Waals surface area contributed by atoms with Gasteiger partial charge in [-0.1, -0.05) is 50.8 Å². The van der Waals surface area contributed by atoms with Crippen LogP contribution in [0.25, 0.3) is 0 Å². The van der Waals surface area contributed by atoms with Crippen molar-refractivity contribution in [1.29, 1.82) is 0 Å². The van der Waals surface area contributed by atoms with E-state index in [1.54, 1.807) is 16.4 Å². The SMILES string of the molecule is CCCC[C@@H]1[C@@H](CC)CN1S(=O)(=O)c1ccc(C)cc1. The van der Waals surface area contributed by atoms with Crippen molar-refractivity contribution >= 4 is 10.0 Å². The highest BCUT2D eigenvalue weighted by atomic mass is 32.2. The van der Waals surface area contributed by atoms with Crippen molar-refractivity contribution in [2.24, 2.45) is 5.92 Å². The Morgan fingerprint density at radius 3 is 2.40 bits per heavy atom. The van der Waals surface area contributed by atoms with Crippen LogP contribution in [0.15, 0.2) is 29.2 Å². The van der Waals surface area contributed by atoms with Gasteiger partial charge in [0.1, 0.15) is 0 Å². The van der Waals surface area contributed by atoms with E-state index in [-0.39, 0.29) is 6.04 Å². The Labute approximate surface area is 123 Å². The molecule has 0 unspecified atom stereocenters. The Bertz CT molecular complexity index is 536. The van der Waals surface area contributed by atoms with E-state index in [0.717, 1.165) is 31.2 Å². The molecule has 0 radical (unpaired) electrons. The largest absolute Gasteiger partial charge is 0.243 e. The molecule has 0 saturated carbocycles. The van der Waals surface area contributed by atoms with Crippen molar-refractivity contribution in [3.05, 3.63) is 29.8 Å². The molecule has 1 aromatic rings. The van der Waals surface area contributed by atoms with E-state index in [0.29, 0.717) is 17.4 Å². The number of aryl methyl sites for hydroxylation is 1. The first-order valence-electron chi connectivity index (χ1n) is 7.59. The number of hydrogen-bond acceptors (Lipinski definition) is 2. The van der Waals surface area contributed by atoms with E-state index in [1.165, 1.54) is 0 Å². The monoisotopic (exact) mass is 295 g/mol. The fraction of sp³-hybridized carbons (Fsp3) is 0.625. The third-order valence-electron chi connectivity index (χ3n) is 4.33. The normalized spacial score (nSPS) is 23.6. The van der Waals surface area contributed by atoms with Crippen molar-refractivity contribution in [2.45, 2.75) is 57.4 Å². The highest BCUT2D eigenvalue weighted by molar-refractivity contribution is 7.89. The molecule has 1 saturated heterocycles. The third-order valence-corrected chi connectivity index (χ3v) is 6.24. The van der Waals surface area contributed by atoms with Gasteiger partial charge in [-0.05, 0) is 31.4 Å². The maximum absolute atomic E-state index is 12.7. The van der Waals surface area contributed by atoms with Crippen LogP contribution in [0, 0.1) is 12.8 Å². The van der Waals surface area contributed by atoms with Gasteiger partial charge >= 0.3 is 0 Å². The lowest BCUT2D eigenvalue weighted by molar-refractivity contribution is 0.0880. The summed E-state index contributed by atoms with van der Waals surface area (Å²) in [4.78, 5) is 0.430. The first kappa shape index (κ1) is 15.5. The molecule has 0 aromatic heterocycles. The average molecular weight is 295 g/mol. The molecule has 112 valence electrons. The molecular formula is C16H25NO2S. The van der Waals surface area contributed by atoms with E-state index in [9.17, 15) is 8.42 Å². The zero-order valence-corrected chi connectivity index (χ0v) is 13.5. The molecule has 1 aromatic carbocycles. The highest BCUT2D eigenvalue weighted by Gasteiger charge is 2.44. The van der Waals surface area contributed by atoms with Crippen LogP contribution in [0.4, 0.5) is 0 Å². The maximum Gasteiger partial charge on any atom is 0.243 e. The molecule has 1 fully saturated rings. The van der Waals surface area contributed by atoms with Crippen molar-refractivity contribution in [3.8, 4) is 0 Å². The van der Waals surface area contributed by atoms with Crippen LogP contribution in [0.1, 0.15) is 45.1 Å². The van der Waals surface area contributed by atoms with E-state index in [2.05, 4.69) is 13.8 Å². The van der Waals surface area contributed by atoms with Gasteiger partial charge in [0.15, 0.2) is 0 Å². The summed E-state index contributed by atoms with van der Waals surface area (Å²) in [7, 11) is -3.31. The Kier molecular flexibility index (Phi) is 4.86. The van der Waals surface area contributed by atoms with Crippen LogP contribution < -0.4 is 0 Å². The first-order chi connectivity index (χ1) is 9.50. The summed E-state index contributed by atoms with van der Waals surface area (Å²) in [5.74, 6) is 0.529. The lowest BCUT2D eigenvalue weighted by Crippen LogP contribution is -2.58. The predicted octanol–water partition coefficient (Wildman–Crippen LogP) is 3.58. The molecule has 3 nitrogen and oxygen atoms in total. The fourth-order valence-corrected chi connectivity index (χ4v) is 4.67. The number of sulfonamides is 1. The van der Waals surface area contributed by atoms with Crippen LogP contribution in [0.2, 0.25) is 0 Å². The predicted molar refractivity (Wildman–Crippen MR) is 82.2 cm³/mol. The molecule has 2 rings (SSSR count). The Morgan fingerprint density at radius 1 is 1.20 bits per heavy atom. The van der Waals surface area contributed by atoms with Crippen molar-refractivity contribution in [3.63, 3.8) is 0 Å². The van der Waals surface area contributed by atoms with Crippen LogP contribution >= 0.6 is 0 Å². The fourth-order valence-electron chi connectivity index (χ4n) is 2.90. The number of benzene rings is 1. The lowest BCUT2D eigenvalue weighted by atomic mass is 9.86. The van der Waals surface area contributed by atoms with Gasteiger partial charge in [-0.15, -0.1) is 0 Å². The number of rotatable bonds is 6.